The standard InChI is InChI=1S/C13H14Cl2N2OS/c1-2-7-19-8-6-16-9-12(18)17-13-10(14)4-3-5-11(13)15/h1,3-5,16H,6-9H2,(H,17,18). The molecular formula is C13H14Cl2N2OS. The molecule has 0 spiro atoms. The predicted molar refractivity (Wildman–Crippen MR) is 84.1 cm³/mol. The first-order chi connectivity index (χ1) is 9.15. The summed E-state index contributed by atoms with van der Waals surface area (Å²) >= 11 is 13.5. The van der Waals surface area contributed by atoms with E-state index in [2.05, 4.69) is 16.6 Å². The third kappa shape index (κ3) is 6.22. The quantitative estimate of drug-likeness (QED) is 0.600. The van der Waals surface area contributed by atoms with Crippen LogP contribution < -0.4 is 10.6 Å². The molecule has 0 radical (unpaired) electrons. The van der Waals surface area contributed by atoms with Crippen molar-refractivity contribution in [1.29, 1.82) is 0 Å². The van der Waals surface area contributed by atoms with Gasteiger partial charge in [-0.1, -0.05) is 35.2 Å². The summed E-state index contributed by atoms with van der Waals surface area (Å²) in [6.45, 7) is 0.925. The summed E-state index contributed by atoms with van der Waals surface area (Å²) in [5, 5.41) is 6.54. The molecule has 0 aromatic heterocycles. The molecule has 0 bridgehead atoms. The zero-order chi connectivity index (χ0) is 14.1. The molecule has 0 aliphatic carbocycles. The van der Waals surface area contributed by atoms with Crippen LogP contribution in [0.5, 0.6) is 0 Å². The van der Waals surface area contributed by atoms with E-state index in [1.807, 2.05) is 0 Å². The van der Waals surface area contributed by atoms with Crippen molar-refractivity contribution in [1.82, 2.24) is 5.32 Å². The van der Waals surface area contributed by atoms with Crippen molar-refractivity contribution < 1.29 is 4.79 Å². The molecule has 0 saturated carbocycles. The van der Waals surface area contributed by atoms with E-state index in [1.165, 1.54) is 0 Å². The number of hydrogen-bond acceptors (Lipinski definition) is 3. The Morgan fingerprint density at radius 3 is 2.68 bits per heavy atom. The number of rotatable bonds is 7. The minimum atomic E-state index is -0.183. The molecule has 3 nitrogen and oxygen atoms in total. The van der Waals surface area contributed by atoms with Gasteiger partial charge >= 0.3 is 0 Å². The van der Waals surface area contributed by atoms with Gasteiger partial charge in [0.15, 0.2) is 0 Å². The van der Waals surface area contributed by atoms with Crippen LogP contribution in [0, 0.1) is 12.3 Å². The molecule has 1 aromatic rings. The van der Waals surface area contributed by atoms with Crippen molar-refractivity contribution in [2.45, 2.75) is 0 Å². The van der Waals surface area contributed by atoms with Crippen LogP contribution in [0.3, 0.4) is 0 Å². The van der Waals surface area contributed by atoms with Gasteiger partial charge in [0.05, 0.1) is 28.0 Å². The molecule has 0 aliphatic heterocycles. The lowest BCUT2D eigenvalue weighted by Gasteiger charge is -2.09. The fourth-order valence-electron chi connectivity index (χ4n) is 1.28. The highest BCUT2D eigenvalue weighted by molar-refractivity contribution is 7.99. The van der Waals surface area contributed by atoms with Gasteiger partial charge in [-0.3, -0.25) is 4.79 Å². The second-order valence-corrected chi connectivity index (χ2v) is 5.50. The molecule has 1 rings (SSSR count). The average Bonchev–Trinajstić information content (AvgIpc) is 2.38. The van der Waals surface area contributed by atoms with Gasteiger partial charge in [-0.15, -0.1) is 18.2 Å². The summed E-state index contributed by atoms with van der Waals surface area (Å²) in [4.78, 5) is 11.7. The number of hydrogen-bond donors (Lipinski definition) is 2. The van der Waals surface area contributed by atoms with Gasteiger partial charge in [0.25, 0.3) is 0 Å². The van der Waals surface area contributed by atoms with Crippen LogP contribution in [-0.4, -0.2) is 30.5 Å². The van der Waals surface area contributed by atoms with Gasteiger partial charge in [0.1, 0.15) is 0 Å². The third-order valence-corrected chi connectivity index (χ3v) is 3.61. The maximum absolute atomic E-state index is 11.7. The average molecular weight is 317 g/mol. The molecule has 0 atom stereocenters. The molecule has 0 fully saturated rings. The number of benzene rings is 1. The van der Waals surface area contributed by atoms with Crippen molar-refractivity contribution in [2.75, 3.05) is 29.9 Å². The number of halogens is 2. The molecule has 1 aromatic carbocycles. The van der Waals surface area contributed by atoms with Crippen LogP contribution in [0.1, 0.15) is 0 Å². The van der Waals surface area contributed by atoms with E-state index in [0.29, 0.717) is 21.5 Å². The van der Waals surface area contributed by atoms with Crippen molar-refractivity contribution in [3.05, 3.63) is 28.2 Å². The van der Waals surface area contributed by atoms with Crippen LogP contribution in [0.25, 0.3) is 0 Å². The van der Waals surface area contributed by atoms with Crippen LogP contribution in [0.2, 0.25) is 10.0 Å². The highest BCUT2D eigenvalue weighted by Gasteiger charge is 2.08. The number of carbonyl (C=O) groups excluding carboxylic acids is 1. The minimum absolute atomic E-state index is 0.183. The SMILES string of the molecule is C#CCSCCNCC(=O)Nc1c(Cl)cccc1Cl. The predicted octanol–water partition coefficient (Wildman–Crippen LogP) is 2.89. The Morgan fingerprint density at radius 2 is 2.05 bits per heavy atom. The van der Waals surface area contributed by atoms with Crippen LogP contribution in [0.15, 0.2) is 18.2 Å². The van der Waals surface area contributed by atoms with Gasteiger partial charge in [0, 0.05) is 12.3 Å². The minimum Gasteiger partial charge on any atom is -0.322 e. The Morgan fingerprint density at radius 1 is 1.37 bits per heavy atom. The lowest BCUT2D eigenvalue weighted by molar-refractivity contribution is -0.115. The largest absolute Gasteiger partial charge is 0.322 e. The van der Waals surface area contributed by atoms with Crippen LogP contribution in [0.4, 0.5) is 5.69 Å². The topological polar surface area (TPSA) is 41.1 Å². The summed E-state index contributed by atoms with van der Waals surface area (Å²) < 4.78 is 0. The summed E-state index contributed by atoms with van der Waals surface area (Å²) in [5.74, 6) is 3.90. The highest BCUT2D eigenvalue weighted by atomic mass is 35.5. The zero-order valence-corrected chi connectivity index (χ0v) is 12.5. The van der Waals surface area contributed by atoms with E-state index in [4.69, 9.17) is 29.6 Å². The number of para-hydroxylation sites is 1. The molecule has 0 heterocycles. The smallest absolute Gasteiger partial charge is 0.238 e. The Labute approximate surface area is 127 Å². The number of anilines is 1. The van der Waals surface area contributed by atoms with Gasteiger partial charge in [-0.05, 0) is 12.1 Å². The molecule has 0 aliphatic rings. The van der Waals surface area contributed by atoms with Crippen molar-refractivity contribution in [2.24, 2.45) is 0 Å². The van der Waals surface area contributed by atoms with Crippen molar-refractivity contribution in [3.63, 3.8) is 0 Å². The monoisotopic (exact) mass is 316 g/mol. The molecular weight excluding hydrogens is 303 g/mol. The van der Waals surface area contributed by atoms with E-state index >= 15 is 0 Å². The lowest BCUT2D eigenvalue weighted by atomic mass is 10.3. The number of nitrogens with one attached hydrogen (secondary N) is 2. The van der Waals surface area contributed by atoms with Gasteiger partial charge in [-0.25, -0.2) is 0 Å². The molecule has 0 unspecified atom stereocenters. The second kappa shape index (κ2) is 9.11. The Balaban J connectivity index is 2.30. The number of amides is 1. The van der Waals surface area contributed by atoms with Gasteiger partial charge < -0.3 is 10.6 Å². The summed E-state index contributed by atoms with van der Waals surface area (Å²) in [6, 6.07) is 5.07. The Kier molecular flexibility index (Phi) is 7.76. The lowest BCUT2D eigenvalue weighted by Crippen LogP contribution is -2.29. The summed E-state index contributed by atoms with van der Waals surface area (Å²) in [5.41, 5.74) is 0.444. The molecule has 6 heteroatoms. The van der Waals surface area contributed by atoms with Crippen LogP contribution in [-0.2, 0) is 4.79 Å². The van der Waals surface area contributed by atoms with Gasteiger partial charge in [-0.2, -0.15) is 0 Å². The summed E-state index contributed by atoms with van der Waals surface area (Å²) in [7, 11) is 0. The maximum Gasteiger partial charge on any atom is 0.238 e. The van der Waals surface area contributed by atoms with E-state index in [9.17, 15) is 4.79 Å². The zero-order valence-electron chi connectivity index (χ0n) is 10.2. The number of thioether (sulfide) groups is 1. The van der Waals surface area contributed by atoms with Gasteiger partial charge in [0.2, 0.25) is 5.91 Å². The highest BCUT2D eigenvalue weighted by Crippen LogP contribution is 2.29. The van der Waals surface area contributed by atoms with Crippen molar-refractivity contribution >= 4 is 46.6 Å². The van der Waals surface area contributed by atoms with E-state index in [1.54, 1.807) is 30.0 Å². The Bertz CT molecular complexity index is 454. The normalized spacial score (nSPS) is 9.95. The molecule has 0 saturated heterocycles. The number of terminal acetylenes is 1. The first-order valence-corrected chi connectivity index (χ1v) is 7.52. The van der Waals surface area contributed by atoms with E-state index < -0.39 is 0 Å². The van der Waals surface area contributed by atoms with Crippen LogP contribution >= 0.6 is 35.0 Å². The third-order valence-electron chi connectivity index (χ3n) is 2.12. The second-order valence-electron chi connectivity index (χ2n) is 3.58. The fourth-order valence-corrected chi connectivity index (χ4v) is 2.32. The molecule has 1 amide bonds. The first kappa shape index (κ1) is 16.2. The number of carbonyl (C=O) groups is 1. The van der Waals surface area contributed by atoms with E-state index in [-0.39, 0.29) is 12.5 Å². The van der Waals surface area contributed by atoms with Crippen molar-refractivity contribution in [3.8, 4) is 12.3 Å². The molecule has 19 heavy (non-hydrogen) atoms. The first-order valence-electron chi connectivity index (χ1n) is 5.61. The fraction of sp³-hybridized carbons (Fsp3) is 0.308. The van der Waals surface area contributed by atoms with E-state index in [0.717, 1.165) is 12.3 Å². The molecule has 102 valence electrons. The Hall–Kier alpha value is -0.860. The maximum atomic E-state index is 11.7. The summed E-state index contributed by atoms with van der Waals surface area (Å²) in [6.07, 6.45) is 5.13. The molecule has 2 N–H and O–H groups in total.